The topological polar surface area (TPSA) is 0 Å². The van der Waals surface area contributed by atoms with Crippen molar-refractivity contribution in [3.8, 4) is 0 Å². The third-order valence-electron chi connectivity index (χ3n) is 2.14. The van der Waals surface area contributed by atoms with E-state index in [0.717, 1.165) is 0 Å². The van der Waals surface area contributed by atoms with Crippen LogP contribution in [0.4, 0.5) is 0 Å². The van der Waals surface area contributed by atoms with Crippen molar-refractivity contribution in [1.29, 1.82) is 0 Å². The minimum Gasteiger partial charge on any atom is -0.0876 e. The first kappa shape index (κ1) is 16.2. The average Bonchev–Trinajstić information content (AvgIpc) is 2.36. The molecule has 0 aliphatic rings. The van der Waals surface area contributed by atoms with Crippen molar-refractivity contribution in [2.45, 2.75) is 27.7 Å². The minimum absolute atomic E-state index is 1.19. The molecule has 0 unspecified atom stereocenters. The first-order valence-electron chi connectivity index (χ1n) is 6.37. The van der Waals surface area contributed by atoms with Crippen LogP contribution in [0.15, 0.2) is 84.1 Å². The second kappa shape index (κ2) is 11.7. The van der Waals surface area contributed by atoms with Gasteiger partial charge in [0.1, 0.15) is 0 Å². The summed E-state index contributed by atoms with van der Waals surface area (Å²) in [5.41, 5.74) is 2.38. The van der Waals surface area contributed by atoms with Gasteiger partial charge in [0.25, 0.3) is 0 Å². The zero-order chi connectivity index (χ0) is 13.6. The Kier molecular flexibility index (Phi) is 10.5. The SMILES string of the molecule is C/C=C\C(=C/C=C/C(/C=C\C)=C/C=C/C)/C=C\C. The molecule has 0 rings (SSSR count). The maximum atomic E-state index is 2.10. The van der Waals surface area contributed by atoms with Gasteiger partial charge in [-0.3, -0.25) is 0 Å². The van der Waals surface area contributed by atoms with E-state index in [1.54, 1.807) is 0 Å². The molecule has 0 radical (unpaired) electrons. The molecule has 0 spiro atoms. The Bertz CT molecular complexity index is 393. The predicted octanol–water partition coefficient (Wildman–Crippen LogP) is 5.70. The summed E-state index contributed by atoms with van der Waals surface area (Å²) in [5, 5.41) is 0. The summed E-state index contributed by atoms with van der Waals surface area (Å²) in [7, 11) is 0. The Balaban J connectivity index is 4.92. The molecule has 0 aromatic carbocycles. The molecule has 0 bridgehead atoms. The molecule has 0 amide bonds. The van der Waals surface area contributed by atoms with Gasteiger partial charge in [-0.1, -0.05) is 72.9 Å². The van der Waals surface area contributed by atoms with Gasteiger partial charge in [0.2, 0.25) is 0 Å². The molecule has 0 nitrogen and oxygen atoms in total. The van der Waals surface area contributed by atoms with Crippen LogP contribution in [0.2, 0.25) is 0 Å². The lowest BCUT2D eigenvalue weighted by Crippen LogP contribution is -1.72. The summed E-state index contributed by atoms with van der Waals surface area (Å²) >= 11 is 0. The fraction of sp³-hybridized carbons (Fsp3) is 0.222. The predicted molar refractivity (Wildman–Crippen MR) is 84.6 cm³/mol. The van der Waals surface area contributed by atoms with Crippen molar-refractivity contribution in [1.82, 2.24) is 0 Å². The molecule has 0 N–H and O–H groups in total. The summed E-state index contributed by atoms with van der Waals surface area (Å²) in [6, 6.07) is 0. The fourth-order valence-electron chi connectivity index (χ4n) is 1.39. The maximum Gasteiger partial charge on any atom is -0.0260 e. The van der Waals surface area contributed by atoms with Crippen LogP contribution in [0.1, 0.15) is 27.7 Å². The van der Waals surface area contributed by atoms with E-state index in [9.17, 15) is 0 Å². The molecule has 0 heteroatoms. The van der Waals surface area contributed by atoms with Crippen molar-refractivity contribution in [2.24, 2.45) is 0 Å². The number of hydrogen-bond donors (Lipinski definition) is 0. The summed E-state index contributed by atoms with van der Waals surface area (Å²) in [6.07, 6.45) is 24.9. The molecule has 0 aromatic rings. The summed E-state index contributed by atoms with van der Waals surface area (Å²) in [4.78, 5) is 0. The van der Waals surface area contributed by atoms with E-state index in [0.29, 0.717) is 0 Å². The van der Waals surface area contributed by atoms with E-state index in [1.807, 2.05) is 58.1 Å². The molecule has 0 fully saturated rings. The lowest BCUT2D eigenvalue weighted by Gasteiger charge is -1.92. The first-order valence-corrected chi connectivity index (χ1v) is 6.37. The maximum absolute atomic E-state index is 2.10. The average molecular weight is 240 g/mol. The summed E-state index contributed by atoms with van der Waals surface area (Å²) in [6.45, 7) is 8.10. The lowest BCUT2D eigenvalue weighted by molar-refractivity contribution is 1.58. The van der Waals surface area contributed by atoms with Crippen molar-refractivity contribution >= 4 is 0 Å². The number of rotatable bonds is 6. The largest absolute Gasteiger partial charge is 0.0876 e. The quantitative estimate of drug-likeness (QED) is 0.522. The molecule has 0 aliphatic carbocycles. The first-order chi connectivity index (χ1) is 8.78. The van der Waals surface area contributed by atoms with E-state index < -0.39 is 0 Å². The van der Waals surface area contributed by atoms with E-state index in [2.05, 4.69) is 42.5 Å². The van der Waals surface area contributed by atoms with Crippen LogP contribution in [0.5, 0.6) is 0 Å². The Morgan fingerprint density at radius 1 is 0.500 bits per heavy atom. The van der Waals surface area contributed by atoms with Gasteiger partial charge in [-0.25, -0.2) is 0 Å². The van der Waals surface area contributed by atoms with E-state index in [-0.39, 0.29) is 0 Å². The van der Waals surface area contributed by atoms with Crippen molar-refractivity contribution in [2.75, 3.05) is 0 Å². The van der Waals surface area contributed by atoms with Crippen LogP contribution in [0.3, 0.4) is 0 Å². The van der Waals surface area contributed by atoms with Gasteiger partial charge in [0.05, 0.1) is 0 Å². The standard InChI is InChI=1S/C18H24/c1-5-9-14-18(13-8-4)16-10-15-17(11-6-2)12-7-3/h5-16H,1-4H3/b9-5+,11-6-,12-7-,13-8-,16-10+,18-14+. The summed E-state index contributed by atoms with van der Waals surface area (Å²) in [5.74, 6) is 0. The van der Waals surface area contributed by atoms with Crippen LogP contribution < -0.4 is 0 Å². The Morgan fingerprint density at radius 2 is 0.944 bits per heavy atom. The van der Waals surface area contributed by atoms with Crippen molar-refractivity contribution in [3.05, 3.63) is 84.1 Å². The Hall–Kier alpha value is -1.82. The monoisotopic (exact) mass is 240 g/mol. The van der Waals surface area contributed by atoms with E-state index in [4.69, 9.17) is 0 Å². The van der Waals surface area contributed by atoms with E-state index in [1.165, 1.54) is 11.1 Å². The van der Waals surface area contributed by atoms with Gasteiger partial charge in [0, 0.05) is 0 Å². The van der Waals surface area contributed by atoms with Gasteiger partial charge in [-0.15, -0.1) is 0 Å². The molecule has 96 valence electrons. The third-order valence-corrected chi connectivity index (χ3v) is 2.14. The molecular weight excluding hydrogens is 216 g/mol. The van der Waals surface area contributed by atoms with Crippen molar-refractivity contribution in [3.63, 3.8) is 0 Å². The van der Waals surface area contributed by atoms with Gasteiger partial charge < -0.3 is 0 Å². The normalized spacial score (nSPS) is 13.9. The Labute approximate surface area is 112 Å². The van der Waals surface area contributed by atoms with Gasteiger partial charge in [-0.05, 0) is 38.8 Å². The highest BCUT2D eigenvalue weighted by Gasteiger charge is 1.83. The number of allylic oxidation sites excluding steroid dienone is 14. The molecule has 0 aliphatic heterocycles. The lowest BCUT2D eigenvalue weighted by atomic mass is 10.1. The van der Waals surface area contributed by atoms with Crippen LogP contribution >= 0.6 is 0 Å². The molecule has 0 saturated carbocycles. The zero-order valence-corrected chi connectivity index (χ0v) is 11.9. The molecular formula is C18H24. The fourth-order valence-corrected chi connectivity index (χ4v) is 1.39. The van der Waals surface area contributed by atoms with Crippen LogP contribution in [0, 0.1) is 0 Å². The van der Waals surface area contributed by atoms with Gasteiger partial charge in [-0.2, -0.15) is 0 Å². The molecule has 0 aromatic heterocycles. The highest BCUT2D eigenvalue weighted by atomic mass is 13.9. The van der Waals surface area contributed by atoms with Crippen LogP contribution in [-0.2, 0) is 0 Å². The molecule has 0 saturated heterocycles. The number of hydrogen-bond acceptors (Lipinski definition) is 0. The van der Waals surface area contributed by atoms with E-state index >= 15 is 0 Å². The zero-order valence-electron chi connectivity index (χ0n) is 11.9. The minimum atomic E-state index is 1.19. The van der Waals surface area contributed by atoms with Crippen molar-refractivity contribution < 1.29 is 0 Å². The molecule has 0 atom stereocenters. The van der Waals surface area contributed by atoms with Gasteiger partial charge in [0.15, 0.2) is 0 Å². The molecule has 0 heterocycles. The second-order valence-corrected chi connectivity index (χ2v) is 3.72. The van der Waals surface area contributed by atoms with Gasteiger partial charge >= 0.3 is 0 Å². The molecule has 18 heavy (non-hydrogen) atoms. The highest BCUT2D eigenvalue weighted by Crippen LogP contribution is 2.04. The second-order valence-electron chi connectivity index (χ2n) is 3.72. The highest BCUT2D eigenvalue weighted by molar-refractivity contribution is 5.39. The summed E-state index contributed by atoms with van der Waals surface area (Å²) < 4.78 is 0. The van der Waals surface area contributed by atoms with Crippen LogP contribution in [-0.4, -0.2) is 0 Å². The Morgan fingerprint density at radius 3 is 1.39 bits per heavy atom. The smallest absolute Gasteiger partial charge is 0.0260 e. The third kappa shape index (κ3) is 8.35. The van der Waals surface area contributed by atoms with Crippen LogP contribution in [0.25, 0.3) is 0 Å².